The average Bonchev–Trinajstić information content (AvgIpc) is 2.74. The Hall–Kier alpha value is -1.54. The number of aromatic nitrogens is 1. The Morgan fingerprint density at radius 3 is 2.21 bits per heavy atom. The van der Waals surface area contributed by atoms with Crippen molar-refractivity contribution in [1.29, 1.82) is 0 Å². The molecule has 0 aliphatic rings. The van der Waals surface area contributed by atoms with Crippen LogP contribution in [-0.4, -0.2) is 16.3 Å². The van der Waals surface area contributed by atoms with E-state index in [-0.39, 0.29) is 12.6 Å². The average molecular weight is 187 g/mol. The third-order valence-corrected chi connectivity index (χ3v) is 2.34. The highest BCUT2D eigenvalue weighted by atomic mass is 16.3. The molecule has 0 spiro atoms. The van der Waals surface area contributed by atoms with Crippen LogP contribution in [0.3, 0.4) is 0 Å². The van der Waals surface area contributed by atoms with Gasteiger partial charge in [-0.15, -0.1) is 0 Å². The van der Waals surface area contributed by atoms with Gasteiger partial charge in [0.2, 0.25) is 0 Å². The predicted octanol–water partition coefficient (Wildman–Crippen LogP) is 2.07. The molecule has 0 bridgehead atoms. The van der Waals surface area contributed by atoms with Gasteiger partial charge < -0.3 is 9.67 Å². The van der Waals surface area contributed by atoms with Crippen molar-refractivity contribution in [1.82, 2.24) is 4.57 Å². The van der Waals surface area contributed by atoms with Gasteiger partial charge in [-0.2, -0.15) is 0 Å². The molecule has 0 unspecified atom stereocenters. The van der Waals surface area contributed by atoms with E-state index in [4.69, 9.17) is 0 Å². The molecule has 2 heteroatoms. The number of nitrogens with zero attached hydrogens (tertiary/aromatic N) is 1. The number of rotatable bonds is 3. The number of aliphatic hydroxyl groups excluding tert-OH is 1. The zero-order valence-electron chi connectivity index (χ0n) is 7.88. The minimum Gasteiger partial charge on any atom is -0.394 e. The summed E-state index contributed by atoms with van der Waals surface area (Å²) in [6.45, 7) is 0.124. The third kappa shape index (κ3) is 1.70. The fourth-order valence-electron chi connectivity index (χ4n) is 1.60. The number of hydrogen-bond donors (Lipinski definition) is 1. The molecular weight excluding hydrogens is 174 g/mol. The summed E-state index contributed by atoms with van der Waals surface area (Å²) in [5.41, 5.74) is 1.13. The SMILES string of the molecule is OC[C@H](c1ccccc1)n1cccc1. The van der Waals surface area contributed by atoms with E-state index in [2.05, 4.69) is 0 Å². The summed E-state index contributed by atoms with van der Waals surface area (Å²) in [4.78, 5) is 0. The molecule has 72 valence electrons. The van der Waals surface area contributed by atoms with Crippen molar-refractivity contribution in [2.45, 2.75) is 6.04 Å². The molecule has 2 aromatic rings. The lowest BCUT2D eigenvalue weighted by Crippen LogP contribution is -2.12. The van der Waals surface area contributed by atoms with E-state index in [0.29, 0.717) is 0 Å². The van der Waals surface area contributed by atoms with Crippen molar-refractivity contribution in [2.24, 2.45) is 0 Å². The summed E-state index contributed by atoms with van der Waals surface area (Å²) in [5.74, 6) is 0. The molecule has 1 N–H and O–H groups in total. The van der Waals surface area contributed by atoms with E-state index in [1.54, 1.807) is 0 Å². The molecule has 1 aromatic heterocycles. The molecule has 1 aromatic carbocycles. The van der Waals surface area contributed by atoms with Crippen molar-refractivity contribution < 1.29 is 5.11 Å². The molecule has 1 heterocycles. The maximum absolute atomic E-state index is 9.33. The van der Waals surface area contributed by atoms with Gasteiger partial charge in [0, 0.05) is 12.4 Å². The van der Waals surface area contributed by atoms with E-state index < -0.39 is 0 Å². The molecule has 2 rings (SSSR count). The largest absolute Gasteiger partial charge is 0.394 e. The molecule has 0 saturated carbocycles. The van der Waals surface area contributed by atoms with Gasteiger partial charge in [-0.1, -0.05) is 30.3 Å². The first kappa shape index (κ1) is 9.03. The van der Waals surface area contributed by atoms with E-state index in [1.165, 1.54) is 0 Å². The van der Waals surface area contributed by atoms with Gasteiger partial charge in [-0.3, -0.25) is 0 Å². The Kier molecular flexibility index (Phi) is 2.65. The quantitative estimate of drug-likeness (QED) is 0.781. The second-order valence-corrected chi connectivity index (χ2v) is 3.24. The molecule has 14 heavy (non-hydrogen) atoms. The normalized spacial score (nSPS) is 12.6. The van der Waals surface area contributed by atoms with E-state index in [9.17, 15) is 5.11 Å². The van der Waals surface area contributed by atoms with E-state index in [1.807, 2.05) is 59.4 Å². The molecular formula is C12H13NO. The summed E-state index contributed by atoms with van der Waals surface area (Å²) in [6, 6.07) is 14.0. The molecule has 0 aliphatic carbocycles. The maximum Gasteiger partial charge on any atom is 0.0811 e. The van der Waals surface area contributed by atoms with Crippen LogP contribution in [0.1, 0.15) is 11.6 Å². The molecule has 0 saturated heterocycles. The lowest BCUT2D eigenvalue weighted by molar-refractivity contribution is 0.249. The van der Waals surface area contributed by atoms with Gasteiger partial charge in [-0.05, 0) is 17.7 Å². The van der Waals surface area contributed by atoms with Gasteiger partial charge in [0.1, 0.15) is 0 Å². The van der Waals surface area contributed by atoms with Crippen LogP contribution >= 0.6 is 0 Å². The molecule has 0 radical (unpaired) electrons. The van der Waals surface area contributed by atoms with Crippen LogP contribution in [0.2, 0.25) is 0 Å². The molecule has 1 atom stereocenters. The minimum absolute atomic E-state index is 0.0335. The first-order valence-corrected chi connectivity index (χ1v) is 4.70. The van der Waals surface area contributed by atoms with Gasteiger partial charge in [0.05, 0.1) is 12.6 Å². The second-order valence-electron chi connectivity index (χ2n) is 3.24. The van der Waals surface area contributed by atoms with Gasteiger partial charge in [0.15, 0.2) is 0 Å². The van der Waals surface area contributed by atoms with Crippen LogP contribution in [0.5, 0.6) is 0 Å². The zero-order valence-corrected chi connectivity index (χ0v) is 7.88. The fourth-order valence-corrected chi connectivity index (χ4v) is 1.60. The first-order valence-electron chi connectivity index (χ1n) is 4.70. The molecule has 2 nitrogen and oxygen atoms in total. The van der Waals surface area contributed by atoms with Crippen LogP contribution in [0.25, 0.3) is 0 Å². The summed E-state index contributed by atoms with van der Waals surface area (Å²) < 4.78 is 2.01. The van der Waals surface area contributed by atoms with Gasteiger partial charge >= 0.3 is 0 Å². The highest BCUT2D eigenvalue weighted by Crippen LogP contribution is 2.17. The van der Waals surface area contributed by atoms with Gasteiger partial charge in [-0.25, -0.2) is 0 Å². The fraction of sp³-hybridized carbons (Fsp3) is 0.167. The first-order chi connectivity index (χ1) is 6.92. The summed E-state index contributed by atoms with van der Waals surface area (Å²) in [6.07, 6.45) is 3.93. The third-order valence-electron chi connectivity index (χ3n) is 2.34. The summed E-state index contributed by atoms with van der Waals surface area (Å²) in [5, 5.41) is 9.33. The van der Waals surface area contributed by atoms with Crippen molar-refractivity contribution in [2.75, 3.05) is 6.61 Å². The Morgan fingerprint density at radius 2 is 1.64 bits per heavy atom. The molecule has 0 amide bonds. The highest BCUT2D eigenvalue weighted by Gasteiger charge is 2.09. The van der Waals surface area contributed by atoms with Crippen LogP contribution in [0, 0.1) is 0 Å². The van der Waals surface area contributed by atoms with E-state index >= 15 is 0 Å². The van der Waals surface area contributed by atoms with Crippen molar-refractivity contribution in [3.63, 3.8) is 0 Å². The predicted molar refractivity (Wildman–Crippen MR) is 56.1 cm³/mol. The maximum atomic E-state index is 9.33. The zero-order chi connectivity index (χ0) is 9.80. The topological polar surface area (TPSA) is 25.2 Å². The summed E-state index contributed by atoms with van der Waals surface area (Å²) in [7, 11) is 0. The van der Waals surface area contributed by atoms with Crippen LogP contribution in [-0.2, 0) is 0 Å². The summed E-state index contributed by atoms with van der Waals surface area (Å²) >= 11 is 0. The Bertz CT molecular complexity index is 366. The van der Waals surface area contributed by atoms with E-state index in [0.717, 1.165) is 5.56 Å². The Balaban J connectivity index is 2.31. The van der Waals surface area contributed by atoms with Crippen LogP contribution in [0.15, 0.2) is 54.9 Å². The highest BCUT2D eigenvalue weighted by molar-refractivity contribution is 5.20. The lowest BCUT2D eigenvalue weighted by atomic mass is 10.1. The molecule has 0 fully saturated rings. The Morgan fingerprint density at radius 1 is 1.00 bits per heavy atom. The van der Waals surface area contributed by atoms with Crippen molar-refractivity contribution >= 4 is 0 Å². The monoisotopic (exact) mass is 187 g/mol. The lowest BCUT2D eigenvalue weighted by Gasteiger charge is -2.16. The number of hydrogen-bond acceptors (Lipinski definition) is 1. The second kappa shape index (κ2) is 4.11. The van der Waals surface area contributed by atoms with Crippen molar-refractivity contribution in [3.05, 3.63) is 60.4 Å². The smallest absolute Gasteiger partial charge is 0.0811 e. The van der Waals surface area contributed by atoms with Crippen molar-refractivity contribution in [3.8, 4) is 0 Å². The van der Waals surface area contributed by atoms with Gasteiger partial charge in [0.25, 0.3) is 0 Å². The number of aliphatic hydroxyl groups is 1. The standard InChI is InChI=1S/C12H13NO/c14-10-12(13-8-4-5-9-13)11-6-2-1-3-7-11/h1-9,12,14H,10H2/t12-/m1/s1. The van der Waals surface area contributed by atoms with Crippen LogP contribution < -0.4 is 0 Å². The number of benzene rings is 1. The van der Waals surface area contributed by atoms with Crippen LogP contribution in [0.4, 0.5) is 0 Å². The Labute approximate surface area is 83.4 Å². The molecule has 0 aliphatic heterocycles. The minimum atomic E-state index is 0.0335.